The fourth-order valence-electron chi connectivity index (χ4n) is 7.06. The van der Waals surface area contributed by atoms with Crippen molar-refractivity contribution in [3.05, 3.63) is 95.5 Å². The lowest BCUT2D eigenvalue weighted by atomic mass is 9.97. The number of ether oxygens (including phenoxy) is 1. The van der Waals surface area contributed by atoms with Crippen LogP contribution in [-0.4, -0.2) is 57.5 Å². The highest BCUT2D eigenvalue weighted by Crippen LogP contribution is 2.37. The highest BCUT2D eigenvalue weighted by atomic mass is 35.5. The standard InChI is InChI=1S/C36H36ClF2N3O4S/c37-30-13-7-24(8-14-30)23-5-11-29(12-6-23)36(38,39)34(35(43)42-21-27-19-40-20-28(27)22-42)41-47(44,45)33-16-10-25-17-32(15-9-26(25)18-33)46-31-3-1-2-4-31/h5-18,27-28,31,34,40-41H,1-4,19-22H2/t27-,28+,34?. The lowest BCUT2D eigenvalue weighted by Gasteiger charge is -2.31. The molecule has 4 aromatic rings. The SMILES string of the molecule is O=C(C(NS(=O)(=O)c1ccc2cc(OC3CCCC3)ccc2c1)C(F)(F)c1ccc(-c2ccc(Cl)cc2)cc1)N1C[C@H]2CNC[C@H]2C1. The fraction of sp³-hybridized carbons (Fsp3) is 0.361. The van der Waals surface area contributed by atoms with Gasteiger partial charge in [0.2, 0.25) is 15.9 Å². The lowest BCUT2D eigenvalue weighted by Crippen LogP contribution is -2.56. The number of halogens is 3. The maximum atomic E-state index is 16.5. The van der Waals surface area contributed by atoms with E-state index in [0.717, 1.165) is 36.6 Å². The Bertz CT molecular complexity index is 1870. The number of likely N-dealkylation sites (tertiary alicyclic amines) is 1. The number of carbonyl (C=O) groups excluding carboxylic acids is 1. The predicted molar refractivity (Wildman–Crippen MR) is 178 cm³/mol. The van der Waals surface area contributed by atoms with Crippen LogP contribution in [-0.2, 0) is 20.7 Å². The molecule has 0 bridgehead atoms. The first-order chi connectivity index (χ1) is 22.6. The summed E-state index contributed by atoms with van der Waals surface area (Å²) < 4.78 is 68.8. The van der Waals surface area contributed by atoms with E-state index in [4.69, 9.17) is 16.3 Å². The molecule has 2 N–H and O–H groups in total. The molecule has 7 nitrogen and oxygen atoms in total. The van der Waals surface area contributed by atoms with Gasteiger partial charge in [0.05, 0.1) is 11.0 Å². The van der Waals surface area contributed by atoms with E-state index in [2.05, 4.69) is 10.0 Å². The van der Waals surface area contributed by atoms with Gasteiger partial charge in [0.25, 0.3) is 5.92 Å². The molecule has 1 aliphatic carbocycles. The van der Waals surface area contributed by atoms with Crippen molar-refractivity contribution in [1.29, 1.82) is 0 Å². The Morgan fingerprint density at radius 1 is 0.872 bits per heavy atom. The number of hydrogen-bond donors (Lipinski definition) is 2. The summed E-state index contributed by atoms with van der Waals surface area (Å²) >= 11 is 5.99. The van der Waals surface area contributed by atoms with Crippen LogP contribution in [0.4, 0.5) is 8.78 Å². The zero-order chi connectivity index (χ0) is 32.8. The molecule has 2 aliphatic heterocycles. The van der Waals surface area contributed by atoms with Gasteiger partial charge in [-0.3, -0.25) is 4.79 Å². The number of rotatable bonds is 9. The van der Waals surface area contributed by atoms with E-state index in [-0.39, 0.29) is 22.8 Å². The van der Waals surface area contributed by atoms with Crippen molar-refractivity contribution >= 4 is 38.3 Å². The maximum Gasteiger partial charge on any atom is 0.298 e. The summed E-state index contributed by atoms with van der Waals surface area (Å²) in [6.07, 6.45) is 4.47. The Balaban J connectivity index is 1.17. The Kier molecular flexibility index (Phi) is 8.72. The van der Waals surface area contributed by atoms with Crippen molar-refractivity contribution in [3.8, 4) is 16.9 Å². The number of sulfonamides is 1. The summed E-state index contributed by atoms with van der Waals surface area (Å²) in [4.78, 5) is 15.1. The summed E-state index contributed by atoms with van der Waals surface area (Å²) in [6, 6.07) is 20.0. The van der Waals surface area contributed by atoms with Gasteiger partial charge in [-0.05, 0) is 95.8 Å². The number of carbonyl (C=O) groups is 1. The number of nitrogens with one attached hydrogen (secondary N) is 2. The maximum absolute atomic E-state index is 16.5. The minimum absolute atomic E-state index is 0.145. The van der Waals surface area contributed by atoms with Gasteiger partial charge in [-0.25, -0.2) is 8.42 Å². The second-order valence-corrected chi connectivity index (χ2v) is 15.0. The van der Waals surface area contributed by atoms with E-state index < -0.39 is 33.5 Å². The molecule has 0 aromatic heterocycles. The quantitative estimate of drug-likeness (QED) is 0.208. The smallest absolute Gasteiger partial charge is 0.298 e. The first-order valence-electron chi connectivity index (χ1n) is 16.0. The molecule has 246 valence electrons. The summed E-state index contributed by atoms with van der Waals surface area (Å²) in [7, 11) is -4.55. The zero-order valence-corrected chi connectivity index (χ0v) is 27.2. The van der Waals surface area contributed by atoms with E-state index in [0.29, 0.717) is 47.9 Å². The molecule has 3 fully saturated rings. The molecule has 1 amide bonds. The van der Waals surface area contributed by atoms with Gasteiger partial charge in [-0.15, -0.1) is 0 Å². The molecule has 2 heterocycles. The molecule has 3 atom stereocenters. The molecule has 47 heavy (non-hydrogen) atoms. The van der Waals surface area contributed by atoms with E-state index in [9.17, 15) is 13.2 Å². The molecule has 7 rings (SSSR count). The van der Waals surface area contributed by atoms with Crippen molar-refractivity contribution in [2.75, 3.05) is 26.2 Å². The average molecular weight is 680 g/mol. The van der Waals surface area contributed by atoms with Crippen LogP contribution in [0.3, 0.4) is 0 Å². The van der Waals surface area contributed by atoms with E-state index in [1.807, 2.05) is 6.07 Å². The Hall–Kier alpha value is -3.57. The molecular formula is C36H36ClF2N3O4S. The number of hydrogen-bond acceptors (Lipinski definition) is 5. The monoisotopic (exact) mass is 679 g/mol. The largest absolute Gasteiger partial charge is 0.490 e. The van der Waals surface area contributed by atoms with Gasteiger partial charge in [-0.1, -0.05) is 60.1 Å². The van der Waals surface area contributed by atoms with Gasteiger partial charge in [-0.2, -0.15) is 13.5 Å². The van der Waals surface area contributed by atoms with Crippen LogP contribution < -0.4 is 14.8 Å². The van der Waals surface area contributed by atoms with Crippen LogP contribution in [0.15, 0.2) is 89.8 Å². The number of alkyl halides is 2. The van der Waals surface area contributed by atoms with Crippen LogP contribution >= 0.6 is 11.6 Å². The van der Waals surface area contributed by atoms with Crippen molar-refractivity contribution < 1.29 is 26.7 Å². The van der Waals surface area contributed by atoms with Crippen molar-refractivity contribution in [2.24, 2.45) is 11.8 Å². The van der Waals surface area contributed by atoms with Gasteiger partial charge in [0, 0.05) is 36.8 Å². The van der Waals surface area contributed by atoms with Crippen LogP contribution in [0.2, 0.25) is 5.02 Å². The molecule has 2 saturated heterocycles. The highest BCUT2D eigenvalue weighted by molar-refractivity contribution is 7.89. The summed E-state index contributed by atoms with van der Waals surface area (Å²) in [5.74, 6) is -3.81. The second-order valence-electron chi connectivity index (χ2n) is 12.9. The van der Waals surface area contributed by atoms with Crippen molar-refractivity contribution in [2.45, 2.75) is 48.6 Å². The van der Waals surface area contributed by atoms with Crippen LogP contribution in [0.5, 0.6) is 5.75 Å². The van der Waals surface area contributed by atoms with Crippen LogP contribution in [0.1, 0.15) is 31.2 Å². The predicted octanol–water partition coefficient (Wildman–Crippen LogP) is 6.60. The molecule has 0 spiro atoms. The topological polar surface area (TPSA) is 87.7 Å². The number of amides is 1. The zero-order valence-electron chi connectivity index (χ0n) is 25.7. The first kappa shape index (κ1) is 32.0. The first-order valence-corrected chi connectivity index (χ1v) is 17.9. The van der Waals surface area contributed by atoms with E-state index in [1.54, 1.807) is 42.5 Å². The van der Waals surface area contributed by atoms with E-state index >= 15 is 8.78 Å². The Morgan fingerprint density at radius 3 is 2.13 bits per heavy atom. The minimum atomic E-state index is -4.55. The Morgan fingerprint density at radius 2 is 1.47 bits per heavy atom. The van der Waals surface area contributed by atoms with Gasteiger partial charge in [0.15, 0.2) is 6.04 Å². The summed E-state index contributed by atoms with van der Waals surface area (Å²) in [5.41, 5.74) is 0.992. The summed E-state index contributed by atoms with van der Waals surface area (Å²) in [6.45, 7) is 1.97. The molecule has 4 aromatic carbocycles. The van der Waals surface area contributed by atoms with E-state index in [1.165, 1.54) is 41.3 Å². The molecule has 1 saturated carbocycles. The second kappa shape index (κ2) is 12.8. The van der Waals surface area contributed by atoms with Crippen molar-refractivity contribution in [3.63, 3.8) is 0 Å². The van der Waals surface area contributed by atoms with Crippen LogP contribution in [0, 0.1) is 11.8 Å². The summed E-state index contributed by atoms with van der Waals surface area (Å²) in [5, 5.41) is 5.20. The lowest BCUT2D eigenvalue weighted by molar-refractivity contribution is -0.143. The third-order valence-corrected chi connectivity index (χ3v) is 11.4. The third kappa shape index (κ3) is 6.61. The fourth-order valence-corrected chi connectivity index (χ4v) is 8.41. The molecule has 3 aliphatic rings. The minimum Gasteiger partial charge on any atom is -0.490 e. The number of fused-ring (bicyclic) bond motifs is 2. The van der Waals surface area contributed by atoms with Gasteiger partial charge in [0.1, 0.15) is 5.75 Å². The average Bonchev–Trinajstić information content (AvgIpc) is 3.83. The molecule has 11 heteroatoms. The van der Waals surface area contributed by atoms with Crippen LogP contribution in [0.25, 0.3) is 21.9 Å². The number of benzene rings is 4. The molecule has 1 unspecified atom stereocenters. The molecular weight excluding hydrogens is 644 g/mol. The third-order valence-electron chi connectivity index (χ3n) is 9.73. The Labute approximate surface area is 278 Å². The highest BCUT2D eigenvalue weighted by Gasteiger charge is 2.51. The number of nitrogens with zero attached hydrogens (tertiary/aromatic N) is 1. The molecule has 0 radical (unpaired) electrons. The normalized spacial score (nSPS) is 20.9. The van der Waals surface area contributed by atoms with Crippen molar-refractivity contribution in [1.82, 2.24) is 14.9 Å². The van der Waals surface area contributed by atoms with Gasteiger partial charge >= 0.3 is 0 Å². The van der Waals surface area contributed by atoms with Gasteiger partial charge < -0.3 is 15.0 Å².